The molecule has 0 fully saturated rings. The standard InChI is InChI=1S/C11H8ClN5O/c12-9-2-1-8-10(14-9)15-11(18-8)17-4-6-3-13-16-7(6)5-17/h1-3H,4-5H2,(H,13,16). The van der Waals surface area contributed by atoms with E-state index >= 15 is 0 Å². The molecular weight excluding hydrogens is 254 g/mol. The molecule has 3 aromatic rings. The molecule has 0 radical (unpaired) electrons. The van der Waals surface area contributed by atoms with Gasteiger partial charge in [0.25, 0.3) is 0 Å². The Morgan fingerprint density at radius 3 is 3.11 bits per heavy atom. The van der Waals surface area contributed by atoms with E-state index in [1.54, 1.807) is 12.1 Å². The Kier molecular flexibility index (Phi) is 1.90. The van der Waals surface area contributed by atoms with Gasteiger partial charge in [-0.05, 0) is 12.1 Å². The zero-order valence-corrected chi connectivity index (χ0v) is 9.98. The number of aromatic amines is 1. The van der Waals surface area contributed by atoms with Crippen LogP contribution in [0.25, 0.3) is 11.2 Å². The molecule has 7 heteroatoms. The molecule has 0 spiro atoms. The summed E-state index contributed by atoms with van der Waals surface area (Å²) in [5.41, 5.74) is 3.45. The predicted octanol–water partition coefficient (Wildman–Crippen LogP) is 2.12. The van der Waals surface area contributed by atoms with Crippen LogP contribution in [-0.2, 0) is 13.1 Å². The summed E-state index contributed by atoms with van der Waals surface area (Å²) in [6.45, 7) is 1.46. The van der Waals surface area contributed by atoms with Gasteiger partial charge in [0.1, 0.15) is 5.15 Å². The van der Waals surface area contributed by atoms with Crippen molar-refractivity contribution in [1.82, 2.24) is 20.2 Å². The van der Waals surface area contributed by atoms with Crippen molar-refractivity contribution in [3.05, 3.63) is 34.7 Å². The van der Waals surface area contributed by atoms with Crippen LogP contribution in [0, 0.1) is 0 Å². The van der Waals surface area contributed by atoms with Gasteiger partial charge in [-0.15, -0.1) is 0 Å². The van der Waals surface area contributed by atoms with Crippen LogP contribution in [0.2, 0.25) is 5.15 Å². The highest BCUT2D eigenvalue weighted by Crippen LogP contribution is 2.28. The van der Waals surface area contributed by atoms with Gasteiger partial charge in [0.15, 0.2) is 5.58 Å². The van der Waals surface area contributed by atoms with Crippen molar-refractivity contribution < 1.29 is 4.42 Å². The predicted molar refractivity (Wildman–Crippen MR) is 65.3 cm³/mol. The normalized spacial score (nSPS) is 14.4. The van der Waals surface area contributed by atoms with Crippen LogP contribution in [0.3, 0.4) is 0 Å². The van der Waals surface area contributed by atoms with Gasteiger partial charge < -0.3 is 9.32 Å². The van der Waals surface area contributed by atoms with Crippen molar-refractivity contribution in [1.29, 1.82) is 0 Å². The van der Waals surface area contributed by atoms with E-state index < -0.39 is 0 Å². The first-order valence-corrected chi connectivity index (χ1v) is 5.86. The molecule has 0 saturated heterocycles. The van der Waals surface area contributed by atoms with Gasteiger partial charge in [-0.3, -0.25) is 5.10 Å². The second kappa shape index (κ2) is 3.46. The molecule has 0 atom stereocenters. The zero-order chi connectivity index (χ0) is 12.1. The molecule has 1 aliphatic rings. The Labute approximate surface area is 107 Å². The number of H-pyrrole nitrogens is 1. The zero-order valence-electron chi connectivity index (χ0n) is 9.22. The maximum Gasteiger partial charge on any atom is 0.300 e. The van der Waals surface area contributed by atoms with Crippen LogP contribution in [0.15, 0.2) is 22.7 Å². The minimum atomic E-state index is 0.415. The minimum Gasteiger partial charge on any atom is -0.422 e. The van der Waals surface area contributed by atoms with Gasteiger partial charge in [0.05, 0.1) is 25.0 Å². The molecule has 6 nitrogen and oxygen atoms in total. The summed E-state index contributed by atoms with van der Waals surface area (Å²) in [6.07, 6.45) is 1.83. The Bertz CT molecular complexity index is 713. The van der Waals surface area contributed by atoms with Gasteiger partial charge in [-0.25, -0.2) is 4.98 Å². The van der Waals surface area contributed by atoms with Crippen molar-refractivity contribution in [2.45, 2.75) is 13.1 Å². The lowest BCUT2D eigenvalue weighted by Gasteiger charge is -2.10. The molecule has 0 bridgehead atoms. The van der Waals surface area contributed by atoms with Crippen molar-refractivity contribution in [3.8, 4) is 0 Å². The topological polar surface area (TPSA) is 70.8 Å². The number of pyridine rings is 1. The van der Waals surface area contributed by atoms with Crippen LogP contribution in [0.1, 0.15) is 11.3 Å². The lowest BCUT2D eigenvalue weighted by molar-refractivity contribution is 0.571. The van der Waals surface area contributed by atoms with Gasteiger partial charge in [-0.1, -0.05) is 11.6 Å². The van der Waals surface area contributed by atoms with Gasteiger partial charge in [-0.2, -0.15) is 10.1 Å². The van der Waals surface area contributed by atoms with Gasteiger partial charge in [0, 0.05) is 5.56 Å². The molecule has 90 valence electrons. The number of hydrogen-bond acceptors (Lipinski definition) is 5. The van der Waals surface area contributed by atoms with Gasteiger partial charge >= 0.3 is 6.01 Å². The van der Waals surface area contributed by atoms with Crippen molar-refractivity contribution >= 4 is 28.8 Å². The average molecular weight is 262 g/mol. The number of nitrogens with one attached hydrogen (secondary N) is 1. The molecule has 0 saturated carbocycles. The first-order valence-electron chi connectivity index (χ1n) is 5.49. The fourth-order valence-corrected chi connectivity index (χ4v) is 2.26. The number of fused-ring (bicyclic) bond motifs is 2. The van der Waals surface area contributed by atoms with E-state index in [0.717, 1.165) is 18.8 Å². The number of nitrogens with zero attached hydrogens (tertiary/aromatic N) is 4. The number of anilines is 1. The monoisotopic (exact) mass is 261 g/mol. The minimum absolute atomic E-state index is 0.415. The number of rotatable bonds is 1. The van der Waals surface area contributed by atoms with E-state index in [4.69, 9.17) is 16.0 Å². The molecular formula is C11H8ClN5O. The quantitative estimate of drug-likeness (QED) is 0.680. The number of oxazole rings is 1. The average Bonchev–Trinajstić information content (AvgIpc) is 2.99. The molecule has 4 rings (SSSR count). The van der Waals surface area contributed by atoms with E-state index in [1.165, 1.54) is 5.56 Å². The van der Waals surface area contributed by atoms with E-state index in [2.05, 4.69) is 20.2 Å². The van der Waals surface area contributed by atoms with Crippen LogP contribution >= 0.6 is 11.6 Å². The smallest absolute Gasteiger partial charge is 0.300 e. The Morgan fingerprint density at radius 1 is 1.28 bits per heavy atom. The highest BCUT2D eigenvalue weighted by molar-refractivity contribution is 6.29. The molecule has 0 aromatic carbocycles. The van der Waals surface area contributed by atoms with Crippen LogP contribution in [-0.4, -0.2) is 20.2 Å². The summed E-state index contributed by atoms with van der Waals surface area (Å²) in [4.78, 5) is 10.5. The molecule has 0 amide bonds. The first kappa shape index (κ1) is 9.90. The van der Waals surface area contributed by atoms with E-state index in [-0.39, 0.29) is 0 Å². The SMILES string of the molecule is Clc1ccc2oc(N3Cc4cn[nH]c4C3)nc2n1. The van der Waals surface area contributed by atoms with E-state index in [1.807, 2.05) is 11.1 Å². The van der Waals surface area contributed by atoms with E-state index in [0.29, 0.717) is 22.4 Å². The molecule has 18 heavy (non-hydrogen) atoms. The summed E-state index contributed by atoms with van der Waals surface area (Å²) in [5.74, 6) is 0. The molecule has 4 heterocycles. The van der Waals surface area contributed by atoms with E-state index in [9.17, 15) is 0 Å². The van der Waals surface area contributed by atoms with Crippen molar-refractivity contribution in [3.63, 3.8) is 0 Å². The number of halogens is 1. The van der Waals surface area contributed by atoms with Crippen LogP contribution < -0.4 is 4.90 Å². The maximum absolute atomic E-state index is 5.82. The summed E-state index contributed by atoms with van der Waals surface area (Å²) in [6, 6.07) is 4.03. The summed E-state index contributed by atoms with van der Waals surface area (Å²) in [7, 11) is 0. The third-order valence-electron chi connectivity index (χ3n) is 3.00. The summed E-state index contributed by atoms with van der Waals surface area (Å²) in [5, 5.41) is 7.37. The molecule has 0 aliphatic carbocycles. The second-order valence-corrected chi connectivity index (χ2v) is 4.57. The highest BCUT2D eigenvalue weighted by atomic mass is 35.5. The fourth-order valence-electron chi connectivity index (χ4n) is 2.12. The molecule has 1 aliphatic heterocycles. The Balaban J connectivity index is 1.73. The van der Waals surface area contributed by atoms with Crippen LogP contribution in [0.4, 0.5) is 6.01 Å². The lowest BCUT2D eigenvalue weighted by Crippen LogP contribution is -2.15. The third-order valence-corrected chi connectivity index (χ3v) is 3.21. The van der Waals surface area contributed by atoms with Crippen LogP contribution in [0.5, 0.6) is 0 Å². The number of hydrogen-bond donors (Lipinski definition) is 1. The first-order chi connectivity index (χ1) is 8.79. The molecule has 1 N–H and O–H groups in total. The number of aromatic nitrogens is 4. The second-order valence-electron chi connectivity index (χ2n) is 4.18. The fraction of sp³-hybridized carbons (Fsp3) is 0.182. The highest BCUT2D eigenvalue weighted by Gasteiger charge is 2.24. The molecule has 3 aromatic heterocycles. The Morgan fingerprint density at radius 2 is 2.22 bits per heavy atom. The van der Waals surface area contributed by atoms with Gasteiger partial charge in [0.2, 0.25) is 5.65 Å². The third kappa shape index (κ3) is 1.39. The molecule has 0 unspecified atom stereocenters. The Hall–Kier alpha value is -2.08. The maximum atomic E-state index is 5.82. The lowest BCUT2D eigenvalue weighted by atomic mass is 10.3. The van der Waals surface area contributed by atoms with Crippen molar-refractivity contribution in [2.24, 2.45) is 0 Å². The summed E-state index contributed by atoms with van der Waals surface area (Å²) >= 11 is 5.82. The van der Waals surface area contributed by atoms with Crippen molar-refractivity contribution in [2.75, 3.05) is 4.90 Å². The largest absolute Gasteiger partial charge is 0.422 e. The summed E-state index contributed by atoms with van der Waals surface area (Å²) < 4.78 is 5.67.